The Morgan fingerprint density at radius 2 is 1.46 bits per heavy atom. The fourth-order valence-electron chi connectivity index (χ4n) is 6.70. The normalized spacial score (nSPS) is 20.3. The van der Waals surface area contributed by atoms with Gasteiger partial charge in [-0.1, -0.05) is 0 Å². The molecule has 35 heavy (non-hydrogen) atoms. The molecule has 4 heteroatoms. The molecule has 0 nitrogen and oxygen atoms in total. The second-order valence-electron chi connectivity index (χ2n) is 11.2. The third-order valence-corrected chi connectivity index (χ3v) is 60.5. The molecular weight excluding hydrogens is 563 g/mol. The summed E-state index contributed by atoms with van der Waals surface area (Å²) >= 11 is -4.60. The summed E-state index contributed by atoms with van der Waals surface area (Å²) < 4.78 is 0.310. The van der Waals surface area contributed by atoms with Gasteiger partial charge in [-0.05, 0) is 0 Å². The summed E-state index contributed by atoms with van der Waals surface area (Å²) in [6.07, 6.45) is 4.81. The van der Waals surface area contributed by atoms with Gasteiger partial charge in [0.1, 0.15) is 0 Å². The predicted molar refractivity (Wildman–Crippen MR) is 156 cm³/mol. The zero-order valence-corrected chi connectivity index (χ0v) is 26.7. The van der Waals surface area contributed by atoms with Gasteiger partial charge < -0.3 is 0 Å². The van der Waals surface area contributed by atoms with Crippen molar-refractivity contribution in [2.45, 2.75) is 48.0 Å². The first kappa shape index (κ1) is 25.5. The SMILES string of the molecule is CC1=Cc2c(-c3ccccc3)ccc(C)c2[CH]1[Zr]([Cl])([Cl])([CH]1C(C(C)C)=Cc2ccccc21)[SiH](C)C. The average molecular weight is 598 g/mol. The molecule has 0 heterocycles. The minimum atomic E-state index is -4.60. The van der Waals surface area contributed by atoms with Gasteiger partial charge in [-0.15, -0.1) is 0 Å². The van der Waals surface area contributed by atoms with Gasteiger partial charge in [-0.2, -0.15) is 0 Å². The van der Waals surface area contributed by atoms with Crippen LogP contribution in [0.1, 0.15) is 55.8 Å². The van der Waals surface area contributed by atoms with Crippen molar-refractivity contribution >= 4 is 35.1 Å². The van der Waals surface area contributed by atoms with E-state index in [1.165, 1.54) is 50.1 Å². The van der Waals surface area contributed by atoms with E-state index in [0.29, 0.717) is 5.92 Å². The Balaban J connectivity index is 1.80. The van der Waals surface area contributed by atoms with Crippen LogP contribution in [-0.4, -0.2) is 5.92 Å². The van der Waals surface area contributed by atoms with Crippen LogP contribution in [-0.2, 0) is 15.6 Å². The molecule has 0 saturated heterocycles. The molecule has 0 bridgehead atoms. The molecule has 2 aliphatic carbocycles. The Kier molecular flexibility index (Phi) is 6.54. The molecule has 0 spiro atoms. The summed E-state index contributed by atoms with van der Waals surface area (Å²) in [6, 6.07) is 24.1. The van der Waals surface area contributed by atoms with E-state index >= 15 is 0 Å². The molecule has 0 aromatic heterocycles. The summed E-state index contributed by atoms with van der Waals surface area (Å²) in [6.45, 7) is 14.0. The van der Waals surface area contributed by atoms with E-state index in [1.807, 2.05) is 0 Å². The van der Waals surface area contributed by atoms with Crippen LogP contribution in [0.15, 0.2) is 77.9 Å². The number of allylic oxidation sites excluding steroid dienone is 2. The van der Waals surface area contributed by atoms with Crippen LogP contribution in [0, 0.1) is 12.8 Å². The van der Waals surface area contributed by atoms with Crippen molar-refractivity contribution in [1.29, 1.82) is 0 Å². The standard InChI is InChI=1S/C17H15.C12H13.C2H7Si.2ClH.Zr/c1-12-10-16-13(2)8-9-15(17(16)11-12)14-6-4-3-5-7-14;1-9(2)12-7-10-5-3-4-6-11(10)8-12;1-3-2;;;/h3-11H,1-2H3;3-9H,1-2H3;3H,1-2H3;2*1H;/q;;;;;+2/p-2. The molecule has 0 amide bonds. The van der Waals surface area contributed by atoms with Crippen molar-refractivity contribution in [2.24, 2.45) is 5.92 Å². The van der Waals surface area contributed by atoms with Gasteiger partial charge in [0, 0.05) is 0 Å². The molecule has 2 atom stereocenters. The van der Waals surface area contributed by atoms with Crippen molar-refractivity contribution in [3.8, 4) is 11.1 Å². The molecule has 0 N–H and O–H groups in total. The van der Waals surface area contributed by atoms with Crippen LogP contribution in [0.3, 0.4) is 0 Å². The number of halogens is 2. The number of aryl methyl sites for hydroxylation is 1. The number of benzene rings is 3. The first-order valence-corrected chi connectivity index (χ1v) is 29.1. The molecule has 181 valence electrons. The second kappa shape index (κ2) is 8.98. The van der Waals surface area contributed by atoms with E-state index in [9.17, 15) is 0 Å². The van der Waals surface area contributed by atoms with Crippen LogP contribution in [0.5, 0.6) is 0 Å². The van der Waals surface area contributed by atoms with Gasteiger partial charge >= 0.3 is 221 Å². The van der Waals surface area contributed by atoms with E-state index in [1.54, 1.807) is 0 Å². The van der Waals surface area contributed by atoms with E-state index < -0.39 is 21.5 Å². The number of hydrogen-bond acceptors (Lipinski definition) is 0. The van der Waals surface area contributed by atoms with Crippen molar-refractivity contribution < 1.29 is 15.6 Å². The maximum absolute atomic E-state index is 8.36. The van der Waals surface area contributed by atoms with Gasteiger partial charge in [0.05, 0.1) is 0 Å². The Morgan fingerprint density at radius 1 is 0.800 bits per heavy atom. The molecule has 2 aliphatic rings. The number of fused-ring (bicyclic) bond motifs is 2. The van der Waals surface area contributed by atoms with Crippen molar-refractivity contribution in [2.75, 3.05) is 0 Å². The third kappa shape index (κ3) is 3.78. The summed E-state index contributed by atoms with van der Waals surface area (Å²) in [5.41, 5.74) is 12.1. The van der Waals surface area contributed by atoms with Gasteiger partial charge in [-0.25, -0.2) is 0 Å². The fourth-order valence-corrected chi connectivity index (χ4v) is 39.0. The Morgan fingerprint density at radius 3 is 2.11 bits per heavy atom. The maximum atomic E-state index is 8.36. The topological polar surface area (TPSA) is 0 Å². The molecule has 0 aliphatic heterocycles. The monoisotopic (exact) mass is 595 g/mol. The molecule has 0 fully saturated rings. The van der Waals surface area contributed by atoms with E-state index in [-0.39, 0.29) is 7.25 Å². The van der Waals surface area contributed by atoms with Gasteiger partial charge in [0.15, 0.2) is 0 Å². The van der Waals surface area contributed by atoms with E-state index in [0.717, 1.165) is 0 Å². The zero-order valence-electron chi connectivity index (χ0n) is 21.6. The van der Waals surface area contributed by atoms with E-state index in [2.05, 4.69) is 120 Å². The van der Waals surface area contributed by atoms with Crippen molar-refractivity contribution in [1.82, 2.24) is 0 Å². The van der Waals surface area contributed by atoms with Crippen LogP contribution in [0.2, 0.25) is 13.1 Å². The molecule has 2 unspecified atom stereocenters. The number of rotatable bonds is 5. The van der Waals surface area contributed by atoms with Crippen LogP contribution in [0.25, 0.3) is 23.3 Å². The Hall–Kier alpha value is -1.18. The second-order valence-corrected chi connectivity index (χ2v) is 53.7. The molecule has 5 rings (SSSR count). The van der Waals surface area contributed by atoms with Gasteiger partial charge in [0.25, 0.3) is 0 Å². The quantitative estimate of drug-likeness (QED) is 0.257. The first-order chi connectivity index (χ1) is 16.5. The third-order valence-electron chi connectivity index (χ3n) is 8.54. The van der Waals surface area contributed by atoms with Gasteiger partial charge in [-0.3, -0.25) is 0 Å². The van der Waals surface area contributed by atoms with Crippen molar-refractivity contribution in [3.05, 3.63) is 106 Å². The fraction of sp³-hybridized carbons (Fsp3) is 0.290. The predicted octanol–water partition coefficient (Wildman–Crippen LogP) is 9.89. The van der Waals surface area contributed by atoms with Gasteiger partial charge in [0.2, 0.25) is 0 Å². The van der Waals surface area contributed by atoms with Crippen LogP contribution < -0.4 is 0 Å². The van der Waals surface area contributed by atoms with Crippen LogP contribution in [0.4, 0.5) is 0 Å². The summed E-state index contributed by atoms with van der Waals surface area (Å²) in [4.78, 5) is 0. The summed E-state index contributed by atoms with van der Waals surface area (Å²) in [7, 11) is 16.7. The van der Waals surface area contributed by atoms with Crippen molar-refractivity contribution in [3.63, 3.8) is 0 Å². The first-order valence-electron chi connectivity index (χ1n) is 12.8. The number of hydrogen-bond donors (Lipinski definition) is 0. The molecule has 0 saturated carbocycles. The Bertz CT molecular complexity index is 1370. The minimum absolute atomic E-state index is 0.142. The Labute approximate surface area is 219 Å². The molecule has 3 aromatic carbocycles. The summed E-state index contributed by atoms with van der Waals surface area (Å²) in [5.74, 6) is -1.10. The zero-order chi connectivity index (χ0) is 25.1. The van der Waals surface area contributed by atoms with E-state index in [4.69, 9.17) is 17.0 Å². The molecule has 0 radical (unpaired) electrons. The molecular formula is C31H35Cl2SiZr. The average Bonchev–Trinajstić information content (AvgIpc) is 3.40. The molecule has 3 aromatic rings. The summed E-state index contributed by atoms with van der Waals surface area (Å²) in [5, 5.41) is 0. The van der Waals surface area contributed by atoms with Crippen LogP contribution >= 0.6 is 17.0 Å².